The van der Waals surface area contributed by atoms with Crippen molar-refractivity contribution >= 4 is 43.1 Å². The molecule has 2 aliphatic rings. The summed E-state index contributed by atoms with van der Waals surface area (Å²) in [4.78, 5) is 50.6. The van der Waals surface area contributed by atoms with Gasteiger partial charge in [0.2, 0.25) is 11.8 Å². The maximum atomic E-state index is 14.7. The number of halogens is 3. The normalized spacial score (nSPS) is 20.2. The highest BCUT2D eigenvalue weighted by molar-refractivity contribution is 6.32. The number of imide groups is 1. The fourth-order valence-electron chi connectivity index (χ4n) is 4.30. The summed E-state index contributed by atoms with van der Waals surface area (Å²) in [5, 5.41) is 4.66. The minimum atomic E-state index is -3.78. The van der Waals surface area contributed by atoms with E-state index < -0.39 is 28.7 Å². The lowest BCUT2D eigenvalue weighted by molar-refractivity contribution is -0.147. The first-order chi connectivity index (χ1) is 15.9. The van der Waals surface area contributed by atoms with Crippen LogP contribution in [0.5, 0.6) is 0 Å². The molecule has 7 nitrogen and oxygen atoms in total. The van der Waals surface area contributed by atoms with Crippen LogP contribution < -0.4 is 10.6 Å². The van der Waals surface area contributed by atoms with E-state index in [-0.39, 0.29) is 48.3 Å². The summed E-state index contributed by atoms with van der Waals surface area (Å²) in [6.45, 7) is 1.37. The fraction of sp³-hybridized carbons (Fsp3) is 0.304. The van der Waals surface area contributed by atoms with Gasteiger partial charge >= 0.3 is 5.92 Å². The van der Waals surface area contributed by atoms with E-state index in [0.29, 0.717) is 16.7 Å². The minimum absolute atomic E-state index is 0.125. The molecular formula is C23H21BClF2N3O4. The molecule has 2 aromatic rings. The average molecular weight is 488 g/mol. The van der Waals surface area contributed by atoms with Crippen LogP contribution in [0.2, 0.25) is 5.02 Å². The van der Waals surface area contributed by atoms with Crippen LogP contribution >= 0.6 is 11.6 Å². The Morgan fingerprint density at radius 1 is 1.26 bits per heavy atom. The number of piperidine rings is 1. The second-order valence-corrected chi connectivity index (χ2v) is 9.11. The van der Waals surface area contributed by atoms with Gasteiger partial charge < -0.3 is 10.2 Å². The number of fused-ring (bicyclic) bond motifs is 1. The fourth-order valence-corrected chi connectivity index (χ4v) is 4.47. The van der Waals surface area contributed by atoms with Crippen molar-refractivity contribution < 1.29 is 28.0 Å². The largest absolute Gasteiger partial charge is 0.350 e. The van der Waals surface area contributed by atoms with Crippen LogP contribution in [0, 0.1) is 6.92 Å². The Morgan fingerprint density at radius 2 is 2.00 bits per heavy atom. The van der Waals surface area contributed by atoms with Crippen LogP contribution in [0.3, 0.4) is 0 Å². The predicted molar refractivity (Wildman–Crippen MR) is 122 cm³/mol. The van der Waals surface area contributed by atoms with E-state index >= 15 is 0 Å². The van der Waals surface area contributed by atoms with E-state index in [1.807, 2.05) is 0 Å². The Hall–Kier alpha value is -3.27. The Kier molecular flexibility index (Phi) is 5.97. The molecule has 2 aromatic carbocycles. The Balaban J connectivity index is 1.48. The number of benzene rings is 2. The van der Waals surface area contributed by atoms with E-state index in [4.69, 9.17) is 11.6 Å². The van der Waals surface area contributed by atoms with Gasteiger partial charge in [-0.05, 0) is 42.2 Å². The molecule has 0 unspecified atom stereocenters. The highest BCUT2D eigenvalue weighted by Gasteiger charge is 2.48. The molecule has 34 heavy (non-hydrogen) atoms. The highest BCUT2D eigenvalue weighted by Crippen LogP contribution is 2.35. The van der Waals surface area contributed by atoms with Crippen molar-refractivity contribution in [3.63, 3.8) is 0 Å². The molecule has 2 N–H and O–H groups in total. The second-order valence-electron chi connectivity index (χ2n) is 8.70. The molecule has 176 valence electrons. The third-order valence-corrected chi connectivity index (χ3v) is 6.90. The molecule has 0 saturated carbocycles. The van der Waals surface area contributed by atoms with E-state index in [1.165, 1.54) is 24.0 Å². The summed E-state index contributed by atoms with van der Waals surface area (Å²) in [7, 11) is 1.61. The van der Waals surface area contributed by atoms with Crippen LogP contribution in [-0.2, 0) is 33.4 Å². The first kappa shape index (κ1) is 23.9. The molecule has 2 aliphatic heterocycles. The molecule has 2 heterocycles. The van der Waals surface area contributed by atoms with Gasteiger partial charge in [0.15, 0.2) is 0 Å². The smallest absolute Gasteiger partial charge is 0.346 e. The lowest BCUT2D eigenvalue weighted by Gasteiger charge is -2.39. The second kappa shape index (κ2) is 8.50. The van der Waals surface area contributed by atoms with Crippen molar-refractivity contribution in [2.75, 3.05) is 0 Å². The third kappa shape index (κ3) is 3.96. The number of hydrogen-bond donors (Lipinski definition) is 2. The van der Waals surface area contributed by atoms with Gasteiger partial charge in [-0.2, -0.15) is 8.78 Å². The molecule has 1 fully saturated rings. The molecule has 0 aliphatic carbocycles. The summed E-state index contributed by atoms with van der Waals surface area (Å²) >= 11 is 5.92. The van der Waals surface area contributed by atoms with Crippen molar-refractivity contribution in [1.82, 2.24) is 15.5 Å². The lowest BCUT2D eigenvalue weighted by Crippen LogP contribution is -2.63. The Bertz CT molecular complexity index is 1240. The van der Waals surface area contributed by atoms with Gasteiger partial charge in [-0.1, -0.05) is 35.9 Å². The van der Waals surface area contributed by atoms with Crippen LogP contribution in [0.15, 0.2) is 36.4 Å². The minimum Gasteiger partial charge on any atom is -0.346 e. The van der Waals surface area contributed by atoms with Gasteiger partial charge in [0, 0.05) is 35.7 Å². The van der Waals surface area contributed by atoms with Gasteiger partial charge in [0.25, 0.3) is 11.8 Å². The first-order valence-electron chi connectivity index (χ1n) is 10.6. The topological polar surface area (TPSA) is 95.6 Å². The summed E-state index contributed by atoms with van der Waals surface area (Å²) in [6, 6.07) is 8.75. The molecular weight excluding hydrogens is 467 g/mol. The summed E-state index contributed by atoms with van der Waals surface area (Å²) < 4.78 is 29.5. The van der Waals surface area contributed by atoms with Crippen LogP contribution in [0.25, 0.3) is 0 Å². The van der Waals surface area contributed by atoms with Gasteiger partial charge in [0.05, 0.1) is 5.44 Å². The van der Waals surface area contributed by atoms with Crippen LogP contribution in [0.4, 0.5) is 8.78 Å². The summed E-state index contributed by atoms with van der Waals surface area (Å²) in [5.74, 6) is -6.50. The highest BCUT2D eigenvalue weighted by atomic mass is 35.5. The zero-order valence-corrected chi connectivity index (χ0v) is 19.3. The van der Waals surface area contributed by atoms with Gasteiger partial charge in [-0.15, -0.1) is 0 Å². The average Bonchev–Trinajstić information content (AvgIpc) is 3.13. The van der Waals surface area contributed by atoms with E-state index in [1.54, 1.807) is 26.0 Å². The maximum Gasteiger partial charge on any atom is 0.350 e. The number of hydrogen-bond acceptors (Lipinski definition) is 4. The monoisotopic (exact) mass is 487 g/mol. The predicted octanol–water partition coefficient (Wildman–Crippen LogP) is 1.78. The van der Waals surface area contributed by atoms with Crippen molar-refractivity contribution in [2.45, 2.75) is 44.2 Å². The molecule has 1 saturated heterocycles. The molecule has 1 atom stereocenters. The van der Waals surface area contributed by atoms with Crippen molar-refractivity contribution in [3.05, 3.63) is 69.2 Å². The van der Waals surface area contributed by atoms with Crippen LogP contribution in [-0.4, -0.2) is 41.8 Å². The number of rotatable bonds is 5. The number of nitrogens with one attached hydrogen (secondary N) is 2. The van der Waals surface area contributed by atoms with Crippen molar-refractivity contribution in [2.24, 2.45) is 0 Å². The molecule has 0 spiro atoms. The summed E-state index contributed by atoms with van der Waals surface area (Å²) in [5.41, 5.74) is 0.0114. The molecule has 0 aromatic heterocycles. The van der Waals surface area contributed by atoms with Crippen molar-refractivity contribution in [1.29, 1.82) is 0 Å². The van der Waals surface area contributed by atoms with E-state index in [2.05, 4.69) is 10.6 Å². The standard InChI is InChI=1S/C23H21BClF2N3O4/c1-12-16(3-2-4-17(12)25)23(26,27)21(34)28-10-13-5-6-15-14(9-13)11-30(19(15)32)22(24)8-7-18(31)29-20(22)33/h2-6,9H,7-8,10-11,24H2,1H3,(H,28,34)(H,29,31,33)/t22-/m1/s1. The first-order valence-corrected chi connectivity index (χ1v) is 11.0. The molecule has 11 heteroatoms. The van der Waals surface area contributed by atoms with E-state index in [0.717, 1.165) is 6.07 Å². The number of carbonyl (C=O) groups is 4. The maximum absolute atomic E-state index is 14.7. The number of alkyl halides is 2. The quantitative estimate of drug-likeness (QED) is 0.496. The van der Waals surface area contributed by atoms with Crippen molar-refractivity contribution in [3.8, 4) is 0 Å². The van der Waals surface area contributed by atoms with Crippen LogP contribution in [0.1, 0.15) is 45.5 Å². The Morgan fingerprint density at radius 3 is 2.71 bits per heavy atom. The summed E-state index contributed by atoms with van der Waals surface area (Å²) in [6.07, 6.45) is 0.332. The van der Waals surface area contributed by atoms with Gasteiger partial charge in [0.1, 0.15) is 7.85 Å². The van der Waals surface area contributed by atoms with Gasteiger partial charge in [-0.25, -0.2) is 0 Å². The zero-order chi connectivity index (χ0) is 24.8. The molecule has 0 bridgehead atoms. The molecule has 0 radical (unpaired) electrons. The number of amides is 4. The van der Waals surface area contributed by atoms with Gasteiger partial charge in [-0.3, -0.25) is 24.5 Å². The zero-order valence-electron chi connectivity index (χ0n) is 18.5. The molecule has 4 amide bonds. The van der Waals surface area contributed by atoms with E-state index in [9.17, 15) is 28.0 Å². The third-order valence-electron chi connectivity index (χ3n) is 6.49. The number of carbonyl (C=O) groups excluding carboxylic acids is 4. The molecule has 4 rings (SSSR count). The lowest BCUT2D eigenvalue weighted by atomic mass is 9.70. The number of nitrogens with zero attached hydrogens (tertiary/aromatic N) is 1. The SMILES string of the molecule is B[C@@]1(N2Cc3cc(CNC(=O)C(F)(F)c4cccc(Cl)c4C)ccc3C2=O)CCC(=O)NC1=O. The Labute approximate surface area is 200 Å².